The number of nitrogens with one attached hydrogen (secondary N) is 5. The highest BCUT2D eigenvalue weighted by molar-refractivity contribution is 4.63. The fourth-order valence-corrected chi connectivity index (χ4v) is 5.35. The predicted octanol–water partition coefficient (Wildman–Crippen LogP) is 5.89. The first-order valence-electron chi connectivity index (χ1n) is 18.6. The molecule has 0 heterocycles. The van der Waals surface area contributed by atoms with Crippen LogP contribution in [0.2, 0.25) is 0 Å². The largest absolute Gasteiger partial charge is 0.392 e. The van der Waals surface area contributed by atoms with Crippen LogP contribution in [0.3, 0.4) is 0 Å². The van der Waals surface area contributed by atoms with Gasteiger partial charge in [0.25, 0.3) is 0 Å². The lowest BCUT2D eigenvalue weighted by Crippen LogP contribution is -2.35. The molecule has 0 amide bonds. The SMILES string of the molecule is CCCCCCCCCCC(O)CNCCNCCCCCNCCNCCNCC(O)CCCCCCCCCC. The Morgan fingerprint density at radius 1 is 0.333 bits per heavy atom. The molecule has 0 aromatic rings. The van der Waals surface area contributed by atoms with E-state index in [4.69, 9.17) is 0 Å². The van der Waals surface area contributed by atoms with Crippen LogP contribution < -0.4 is 26.6 Å². The number of aliphatic hydroxyl groups excluding tert-OH is 2. The number of unbranched alkanes of at least 4 members (excludes halogenated alkanes) is 16. The highest BCUT2D eigenvalue weighted by atomic mass is 16.3. The van der Waals surface area contributed by atoms with Gasteiger partial charge in [-0.3, -0.25) is 0 Å². The summed E-state index contributed by atoms with van der Waals surface area (Å²) >= 11 is 0. The second-order valence-electron chi connectivity index (χ2n) is 12.6. The van der Waals surface area contributed by atoms with Crippen molar-refractivity contribution in [2.75, 3.05) is 65.4 Å². The summed E-state index contributed by atoms with van der Waals surface area (Å²) in [5.41, 5.74) is 0. The van der Waals surface area contributed by atoms with Gasteiger partial charge in [0.15, 0.2) is 0 Å². The van der Waals surface area contributed by atoms with Crippen molar-refractivity contribution >= 4 is 0 Å². The smallest absolute Gasteiger partial charge is 0.0664 e. The summed E-state index contributed by atoms with van der Waals surface area (Å²) < 4.78 is 0. The zero-order chi connectivity index (χ0) is 30.6. The van der Waals surface area contributed by atoms with Crippen molar-refractivity contribution in [2.45, 2.75) is 161 Å². The van der Waals surface area contributed by atoms with E-state index < -0.39 is 0 Å². The summed E-state index contributed by atoms with van der Waals surface area (Å²) in [6.45, 7) is 13.9. The molecule has 0 spiro atoms. The van der Waals surface area contributed by atoms with E-state index in [-0.39, 0.29) is 12.2 Å². The summed E-state index contributed by atoms with van der Waals surface area (Å²) in [4.78, 5) is 0. The molecule has 0 aromatic carbocycles. The lowest BCUT2D eigenvalue weighted by Gasteiger charge is -2.12. The monoisotopic (exact) mass is 600 g/mol. The Balaban J connectivity index is 3.17. The van der Waals surface area contributed by atoms with E-state index >= 15 is 0 Å². The summed E-state index contributed by atoms with van der Waals surface area (Å²) in [5.74, 6) is 0. The molecule has 7 N–H and O–H groups in total. The maximum absolute atomic E-state index is 10.1. The lowest BCUT2D eigenvalue weighted by molar-refractivity contribution is 0.158. The Labute approximate surface area is 262 Å². The fraction of sp³-hybridized carbons (Fsp3) is 1.00. The Bertz CT molecular complexity index is 444. The fourth-order valence-electron chi connectivity index (χ4n) is 5.35. The second kappa shape index (κ2) is 36.9. The summed E-state index contributed by atoms with van der Waals surface area (Å²) in [7, 11) is 0. The maximum Gasteiger partial charge on any atom is 0.0664 e. The van der Waals surface area contributed by atoms with Crippen LogP contribution in [0.4, 0.5) is 0 Å². The van der Waals surface area contributed by atoms with E-state index in [1.165, 1.54) is 109 Å². The van der Waals surface area contributed by atoms with Crippen LogP contribution >= 0.6 is 0 Å². The van der Waals surface area contributed by atoms with Crippen molar-refractivity contribution in [1.82, 2.24) is 26.6 Å². The molecule has 0 bridgehead atoms. The molecule has 7 heteroatoms. The van der Waals surface area contributed by atoms with Gasteiger partial charge >= 0.3 is 0 Å². The highest BCUT2D eigenvalue weighted by Gasteiger charge is 2.04. The van der Waals surface area contributed by atoms with E-state index in [1.807, 2.05) is 0 Å². The Hall–Kier alpha value is -0.280. The number of hydrogen-bond acceptors (Lipinski definition) is 7. The molecule has 0 saturated heterocycles. The zero-order valence-electron chi connectivity index (χ0n) is 28.5. The molecule has 0 rings (SSSR count). The molecule has 2 atom stereocenters. The first-order chi connectivity index (χ1) is 20.7. The average Bonchev–Trinajstić information content (AvgIpc) is 2.99. The quantitative estimate of drug-likeness (QED) is 0.0447. The molecule has 7 nitrogen and oxygen atoms in total. The van der Waals surface area contributed by atoms with E-state index in [1.54, 1.807) is 0 Å². The first-order valence-corrected chi connectivity index (χ1v) is 18.6. The Morgan fingerprint density at radius 3 is 1.00 bits per heavy atom. The normalized spacial score (nSPS) is 13.1. The minimum absolute atomic E-state index is 0.197. The van der Waals surface area contributed by atoms with Crippen molar-refractivity contribution < 1.29 is 10.2 Å². The second-order valence-corrected chi connectivity index (χ2v) is 12.6. The van der Waals surface area contributed by atoms with Crippen molar-refractivity contribution in [2.24, 2.45) is 0 Å². The number of aliphatic hydroxyl groups is 2. The maximum atomic E-state index is 10.1. The van der Waals surface area contributed by atoms with Gasteiger partial charge in [-0.25, -0.2) is 0 Å². The van der Waals surface area contributed by atoms with Gasteiger partial charge in [0.2, 0.25) is 0 Å². The molecule has 254 valence electrons. The van der Waals surface area contributed by atoms with Crippen LogP contribution in [-0.4, -0.2) is 87.9 Å². The third kappa shape index (κ3) is 35.9. The van der Waals surface area contributed by atoms with Gasteiger partial charge in [-0.2, -0.15) is 0 Å². The van der Waals surface area contributed by atoms with Crippen LogP contribution in [0.1, 0.15) is 149 Å². The molecular weight excluding hydrogens is 522 g/mol. The minimum Gasteiger partial charge on any atom is -0.392 e. The van der Waals surface area contributed by atoms with Crippen molar-refractivity contribution in [1.29, 1.82) is 0 Å². The van der Waals surface area contributed by atoms with E-state index in [0.29, 0.717) is 6.54 Å². The van der Waals surface area contributed by atoms with Gasteiger partial charge in [0.05, 0.1) is 12.2 Å². The van der Waals surface area contributed by atoms with Gasteiger partial charge < -0.3 is 36.8 Å². The third-order valence-electron chi connectivity index (χ3n) is 8.18. The van der Waals surface area contributed by atoms with Gasteiger partial charge in [0, 0.05) is 52.4 Å². The standard InChI is InChI=1S/C35H77N5O2/c1-3-5-7-9-11-13-15-18-22-34(41)32-39-30-28-37-25-21-17-20-24-36-26-27-38-29-31-40-33-35(42)23-19-16-14-12-10-8-6-4-2/h34-42H,3-33H2,1-2H3. The topological polar surface area (TPSA) is 101 Å². The van der Waals surface area contributed by atoms with Crippen LogP contribution in [0.15, 0.2) is 0 Å². The molecule has 0 saturated carbocycles. The summed E-state index contributed by atoms with van der Waals surface area (Å²) in [6, 6.07) is 0. The van der Waals surface area contributed by atoms with Crippen LogP contribution in [0, 0.1) is 0 Å². The van der Waals surface area contributed by atoms with Crippen molar-refractivity contribution in [3.8, 4) is 0 Å². The third-order valence-corrected chi connectivity index (χ3v) is 8.18. The van der Waals surface area contributed by atoms with Crippen LogP contribution in [-0.2, 0) is 0 Å². The minimum atomic E-state index is -0.202. The lowest BCUT2D eigenvalue weighted by atomic mass is 10.1. The van der Waals surface area contributed by atoms with E-state index in [2.05, 4.69) is 40.4 Å². The molecule has 2 unspecified atom stereocenters. The molecule has 0 aliphatic heterocycles. The van der Waals surface area contributed by atoms with Gasteiger partial charge in [-0.05, 0) is 38.8 Å². The molecule has 0 aliphatic rings. The van der Waals surface area contributed by atoms with Gasteiger partial charge in [-0.15, -0.1) is 0 Å². The molecular formula is C35H77N5O2. The van der Waals surface area contributed by atoms with E-state index in [0.717, 1.165) is 84.6 Å². The molecule has 0 aliphatic carbocycles. The summed E-state index contributed by atoms with van der Waals surface area (Å²) in [5, 5.41) is 37.5. The first kappa shape index (κ1) is 41.7. The molecule has 0 radical (unpaired) electrons. The van der Waals surface area contributed by atoms with Crippen LogP contribution in [0.5, 0.6) is 0 Å². The number of rotatable bonds is 37. The zero-order valence-corrected chi connectivity index (χ0v) is 28.5. The molecule has 0 fully saturated rings. The number of hydrogen-bond donors (Lipinski definition) is 7. The van der Waals surface area contributed by atoms with Crippen molar-refractivity contribution in [3.05, 3.63) is 0 Å². The van der Waals surface area contributed by atoms with Gasteiger partial charge in [-0.1, -0.05) is 123 Å². The Morgan fingerprint density at radius 2 is 0.619 bits per heavy atom. The Kier molecular flexibility index (Phi) is 36.7. The molecule has 42 heavy (non-hydrogen) atoms. The molecule has 0 aromatic heterocycles. The highest BCUT2D eigenvalue weighted by Crippen LogP contribution is 2.11. The van der Waals surface area contributed by atoms with Crippen molar-refractivity contribution in [3.63, 3.8) is 0 Å². The van der Waals surface area contributed by atoms with Gasteiger partial charge in [0.1, 0.15) is 0 Å². The van der Waals surface area contributed by atoms with Crippen LogP contribution in [0.25, 0.3) is 0 Å². The van der Waals surface area contributed by atoms with E-state index in [9.17, 15) is 10.2 Å². The summed E-state index contributed by atoms with van der Waals surface area (Å²) in [6.07, 6.45) is 26.3. The average molecular weight is 600 g/mol. The predicted molar refractivity (Wildman–Crippen MR) is 185 cm³/mol.